The first kappa shape index (κ1) is 26.2. The summed E-state index contributed by atoms with van der Waals surface area (Å²) in [5, 5.41) is 9.96. The lowest BCUT2D eigenvalue weighted by Gasteiger charge is -2.32. The predicted molar refractivity (Wildman–Crippen MR) is 141 cm³/mol. The molecule has 194 valence electrons. The van der Waals surface area contributed by atoms with Gasteiger partial charge in [0.15, 0.2) is 0 Å². The number of aryl methyl sites for hydroxylation is 1. The van der Waals surface area contributed by atoms with Crippen LogP contribution in [0.1, 0.15) is 94.2 Å². The highest BCUT2D eigenvalue weighted by molar-refractivity contribution is 5.84. The number of fused-ring (bicyclic) bond motifs is 1. The van der Waals surface area contributed by atoms with Crippen LogP contribution in [0.4, 0.5) is 0 Å². The summed E-state index contributed by atoms with van der Waals surface area (Å²) in [5.41, 5.74) is 3.25. The molecule has 6 rings (SSSR count). The minimum Gasteiger partial charge on any atom is -0.347 e. The Morgan fingerprint density at radius 2 is 1.57 bits per heavy atom. The topological polar surface area (TPSA) is 73.5 Å². The van der Waals surface area contributed by atoms with Gasteiger partial charge in [0.1, 0.15) is 6.04 Å². The van der Waals surface area contributed by atoms with E-state index in [1.54, 1.807) is 4.90 Å². The number of carbonyl (C=O) groups is 2. The lowest BCUT2D eigenvalue weighted by Crippen LogP contribution is -2.43. The zero-order valence-corrected chi connectivity index (χ0v) is 21.5. The molecule has 3 saturated heterocycles. The molecule has 6 nitrogen and oxygen atoms in total. The fraction of sp³-hybridized carbons (Fsp3) is 0.724. The van der Waals surface area contributed by atoms with Gasteiger partial charge in [0.05, 0.1) is 6.04 Å². The maximum absolute atomic E-state index is 12.3. The van der Waals surface area contributed by atoms with Crippen LogP contribution in [0.25, 0.3) is 0 Å². The molecule has 1 spiro atoms. The van der Waals surface area contributed by atoms with E-state index in [2.05, 4.69) is 28.1 Å². The molecule has 6 heteroatoms. The first-order valence-electron chi connectivity index (χ1n) is 14.2. The highest BCUT2D eigenvalue weighted by Gasteiger charge is 2.34. The summed E-state index contributed by atoms with van der Waals surface area (Å²) < 4.78 is 0. The number of hydrogen-bond donors (Lipinski definition) is 3. The van der Waals surface area contributed by atoms with Gasteiger partial charge in [-0.05, 0) is 81.1 Å². The van der Waals surface area contributed by atoms with Gasteiger partial charge >= 0.3 is 0 Å². The number of amides is 2. The van der Waals surface area contributed by atoms with Gasteiger partial charge in [-0.2, -0.15) is 0 Å². The minimum absolute atomic E-state index is 0.00805. The quantitative estimate of drug-likeness (QED) is 0.567. The third-order valence-electron chi connectivity index (χ3n) is 8.68. The molecule has 5 aliphatic rings. The predicted octanol–water partition coefficient (Wildman–Crippen LogP) is 4.10. The molecular formula is C29H46N4O2. The smallest absolute Gasteiger partial charge is 0.243 e. The van der Waals surface area contributed by atoms with E-state index in [9.17, 15) is 9.59 Å². The van der Waals surface area contributed by atoms with Crippen LogP contribution in [0.2, 0.25) is 0 Å². The molecule has 1 aromatic carbocycles. The third-order valence-corrected chi connectivity index (χ3v) is 8.68. The van der Waals surface area contributed by atoms with Crippen molar-refractivity contribution in [3.63, 3.8) is 0 Å². The first-order valence-corrected chi connectivity index (χ1v) is 14.2. The van der Waals surface area contributed by atoms with Gasteiger partial charge in [0.2, 0.25) is 12.3 Å². The lowest BCUT2D eigenvalue weighted by atomic mass is 9.78. The van der Waals surface area contributed by atoms with Crippen LogP contribution in [-0.4, -0.2) is 56.0 Å². The number of carbonyl (C=O) groups excluding carboxylic acids is 2. The highest BCUT2D eigenvalue weighted by Crippen LogP contribution is 2.34. The molecule has 1 aromatic rings. The van der Waals surface area contributed by atoms with E-state index in [1.165, 1.54) is 95.1 Å². The number of likely N-dealkylation sites (tertiary alicyclic amines) is 1. The Morgan fingerprint density at radius 1 is 0.914 bits per heavy atom. The van der Waals surface area contributed by atoms with Crippen LogP contribution >= 0.6 is 0 Å². The fourth-order valence-corrected chi connectivity index (χ4v) is 6.41. The molecule has 3 aliphatic heterocycles. The van der Waals surface area contributed by atoms with Gasteiger partial charge < -0.3 is 20.9 Å². The van der Waals surface area contributed by atoms with Gasteiger partial charge in [-0.3, -0.25) is 9.59 Å². The molecule has 1 saturated carbocycles. The fourth-order valence-electron chi connectivity index (χ4n) is 6.41. The zero-order chi connectivity index (χ0) is 24.3. The van der Waals surface area contributed by atoms with E-state index < -0.39 is 0 Å². The summed E-state index contributed by atoms with van der Waals surface area (Å²) in [6.45, 7) is 5.70. The first-order chi connectivity index (χ1) is 17.2. The third kappa shape index (κ3) is 7.29. The van der Waals surface area contributed by atoms with Crippen molar-refractivity contribution in [3.8, 4) is 0 Å². The Kier molecular flexibility index (Phi) is 10.0. The molecule has 0 radical (unpaired) electrons. The maximum Gasteiger partial charge on any atom is 0.243 e. The van der Waals surface area contributed by atoms with Crippen LogP contribution in [0.3, 0.4) is 0 Å². The summed E-state index contributed by atoms with van der Waals surface area (Å²) in [6, 6.07) is 8.09. The summed E-state index contributed by atoms with van der Waals surface area (Å²) in [6.07, 6.45) is 17.6. The SMILES string of the molecule is C1CC2(CCN1)CCNC2.C1CCCCC1.O=CN1CCC[C@H]1C(=O)NC1CCc2ccccc21. The summed E-state index contributed by atoms with van der Waals surface area (Å²) in [7, 11) is 0. The summed E-state index contributed by atoms with van der Waals surface area (Å²) in [4.78, 5) is 24.8. The van der Waals surface area contributed by atoms with Crippen molar-refractivity contribution < 1.29 is 9.59 Å². The van der Waals surface area contributed by atoms with E-state index >= 15 is 0 Å². The Hall–Kier alpha value is -1.92. The van der Waals surface area contributed by atoms with E-state index in [-0.39, 0.29) is 18.0 Å². The standard InChI is InChI=1S/C15H18N2O2.C8H16N2.C6H12/c18-10-17-9-3-6-14(17)15(19)16-13-8-7-11-4-1-2-5-12(11)13;1-4-9-5-2-8(1)3-6-10-7-8;1-2-4-6-5-3-1/h1-2,4-5,10,13-14H,3,6-9H2,(H,16,19);9-10H,1-7H2;1-6H2/t13?,14-;;/m0../s1. The van der Waals surface area contributed by atoms with Gasteiger partial charge in [-0.1, -0.05) is 62.8 Å². The van der Waals surface area contributed by atoms with Crippen molar-refractivity contribution in [2.45, 2.75) is 95.6 Å². The van der Waals surface area contributed by atoms with Gasteiger partial charge in [0.25, 0.3) is 0 Å². The molecule has 2 amide bonds. The number of piperidine rings is 1. The molecule has 35 heavy (non-hydrogen) atoms. The molecule has 3 N–H and O–H groups in total. The van der Waals surface area contributed by atoms with Crippen molar-refractivity contribution >= 4 is 12.3 Å². The van der Waals surface area contributed by atoms with Gasteiger partial charge in [0, 0.05) is 13.1 Å². The van der Waals surface area contributed by atoms with Gasteiger partial charge in [-0.25, -0.2) is 0 Å². The largest absolute Gasteiger partial charge is 0.347 e. The normalized spacial score (nSPS) is 26.7. The van der Waals surface area contributed by atoms with Crippen molar-refractivity contribution in [3.05, 3.63) is 35.4 Å². The number of rotatable bonds is 3. The molecule has 2 atom stereocenters. The molecule has 4 fully saturated rings. The number of benzene rings is 1. The summed E-state index contributed by atoms with van der Waals surface area (Å²) in [5.74, 6) is -0.00805. The summed E-state index contributed by atoms with van der Waals surface area (Å²) >= 11 is 0. The second-order valence-corrected chi connectivity index (χ2v) is 11.1. The average Bonchev–Trinajstić information content (AvgIpc) is 3.67. The van der Waals surface area contributed by atoms with Crippen LogP contribution < -0.4 is 16.0 Å². The zero-order valence-electron chi connectivity index (χ0n) is 21.5. The van der Waals surface area contributed by atoms with E-state index in [1.807, 2.05) is 12.1 Å². The highest BCUT2D eigenvalue weighted by atomic mass is 16.2. The lowest BCUT2D eigenvalue weighted by molar-refractivity contribution is -0.131. The number of hydrogen-bond acceptors (Lipinski definition) is 4. The van der Waals surface area contributed by atoms with Crippen LogP contribution in [0.5, 0.6) is 0 Å². The van der Waals surface area contributed by atoms with Crippen LogP contribution in [-0.2, 0) is 16.0 Å². The van der Waals surface area contributed by atoms with E-state index in [4.69, 9.17) is 0 Å². The van der Waals surface area contributed by atoms with Gasteiger partial charge in [-0.15, -0.1) is 0 Å². The van der Waals surface area contributed by atoms with Crippen LogP contribution in [0.15, 0.2) is 24.3 Å². The molecule has 0 bridgehead atoms. The minimum atomic E-state index is -0.273. The average molecular weight is 483 g/mol. The Labute approximate surface area is 212 Å². The molecule has 3 heterocycles. The van der Waals surface area contributed by atoms with Crippen molar-refractivity contribution in [1.29, 1.82) is 0 Å². The van der Waals surface area contributed by atoms with Crippen molar-refractivity contribution in [2.24, 2.45) is 5.41 Å². The molecule has 1 unspecified atom stereocenters. The van der Waals surface area contributed by atoms with Crippen molar-refractivity contribution in [1.82, 2.24) is 20.9 Å². The Balaban J connectivity index is 0.000000149. The van der Waals surface area contributed by atoms with Crippen molar-refractivity contribution in [2.75, 3.05) is 32.7 Å². The van der Waals surface area contributed by atoms with E-state index in [0.29, 0.717) is 12.0 Å². The van der Waals surface area contributed by atoms with E-state index in [0.717, 1.165) is 32.1 Å². The Morgan fingerprint density at radius 3 is 2.23 bits per heavy atom. The number of nitrogens with zero attached hydrogens (tertiary/aromatic N) is 1. The molecule has 2 aliphatic carbocycles. The monoisotopic (exact) mass is 482 g/mol. The number of nitrogens with one attached hydrogen (secondary N) is 3. The second-order valence-electron chi connectivity index (χ2n) is 11.1. The Bertz CT molecular complexity index is 784. The second kappa shape index (κ2) is 13.4. The maximum atomic E-state index is 12.3. The molecule has 0 aromatic heterocycles. The van der Waals surface area contributed by atoms with Crippen LogP contribution in [0, 0.1) is 5.41 Å². The molecular weight excluding hydrogens is 436 g/mol.